The maximum Gasteiger partial charge on any atom is 0.224 e. The van der Waals surface area contributed by atoms with Gasteiger partial charge in [-0.3, -0.25) is 9.59 Å². The molecule has 3 rings (SSSR count). The zero-order chi connectivity index (χ0) is 15.6. The summed E-state index contributed by atoms with van der Waals surface area (Å²) < 4.78 is 6.02. The van der Waals surface area contributed by atoms with Crippen LogP contribution in [0, 0.1) is 0 Å². The monoisotopic (exact) mass is 321 g/mol. The van der Waals surface area contributed by atoms with Gasteiger partial charge in [-0.2, -0.15) is 0 Å². The van der Waals surface area contributed by atoms with Crippen molar-refractivity contribution < 1.29 is 14.3 Å². The number of hydrogen-bond donors (Lipinski definition) is 1. The lowest BCUT2D eigenvalue weighted by atomic mass is 9.82. The highest BCUT2D eigenvalue weighted by Gasteiger charge is 2.41. The van der Waals surface area contributed by atoms with E-state index in [1.54, 1.807) is 6.92 Å². The van der Waals surface area contributed by atoms with Crippen LogP contribution in [0.25, 0.3) is 0 Å². The number of hydrogen-bond acceptors (Lipinski definition) is 4. The predicted octanol–water partition coefficient (Wildman–Crippen LogP) is 3.10. The molecule has 0 aromatic carbocycles. The number of amides is 1. The van der Waals surface area contributed by atoms with E-state index in [2.05, 4.69) is 5.32 Å². The Morgan fingerprint density at radius 2 is 2.14 bits per heavy atom. The summed E-state index contributed by atoms with van der Waals surface area (Å²) in [5.74, 6) is 0.0782. The third-order valence-electron chi connectivity index (χ3n) is 4.70. The molecule has 1 aromatic rings. The van der Waals surface area contributed by atoms with Crippen LogP contribution in [0.15, 0.2) is 11.4 Å². The van der Waals surface area contributed by atoms with E-state index in [9.17, 15) is 9.59 Å². The SMILES string of the molecule is CC(=O)c1cc(CC(=O)N[C@H]2COC3(CCCCC3)C2)cs1. The van der Waals surface area contributed by atoms with Crippen LogP contribution in [-0.4, -0.2) is 29.9 Å². The molecule has 1 aliphatic heterocycles. The second-order valence-corrected chi connectivity index (χ2v) is 7.49. The number of ketones is 1. The Hall–Kier alpha value is -1.20. The number of nitrogens with one attached hydrogen (secondary N) is 1. The molecule has 1 atom stereocenters. The Bertz CT molecular complexity index is 560. The molecule has 0 bridgehead atoms. The summed E-state index contributed by atoms with van der Waals surface area (Å²) in [6, 6.07) is 1.96. The molecule has 0 unspecified atom stereocenters. The van der Waals surface area contributed by atoms with Gasteiger partial charge in [0.2, 0.25) is 5.91 Å². The van der Waals surface area contributed by atoms with Gasteiger partial charge in [0.1, 0.15) is 0 Å². The van der Waals surface area contributed by atoms with Crippen molar-refractivity contribution in [3.63, 3.8) is 0 Å². The Morgan fingerprint density at radius 3 is 2.82 bits per heavy atom. The van der Waals surface area contributed by atoms with Gasteiger partial charge in [-0.15, -0.1) is 11.3 Å². The van der Waals surface area contributed by atoms with Gasteiger partial charge in [0.25, 0.3) is 0 Å². The lowest BCUT2D eigenvalue weighted by molar-refractivity contribution is -0.121. The van der Waals surface area contributed by atoms with Crippen molar-refractivity contribution in [3.05, 3.63) is 21.9 Å². The highest BCUT2D eigenvalue weighted by molar-refractivity contribution is 7.12. The van der Waals surface area contributed by atoms with Crippen LogP contribution in [0.5, 0.6) is 0 Å². The molecular formula is C17H23NO3S. The molecule has 4 nitrogen and oxygen atoms in total. The molecule has 1 aliphatic carbocycles. The van der Waals surface area contributed by atoms with Crippen LogP contribution in [0.3, 0.4) is 0 Å². The van der Waals surface area contributed by atoms with Gasteiger partial charge in [-0.25, -0.2) is 0 Å². The number of Topliss-reactive ketones (excluding diaryl/α,β-unsaturated/α-hetero) is 1. The van der Waals surface area contributed by atoms with Crippen molar-refractivity contribution in [1.29, 1.82) is 0 Å². The average Bonchev–Trinajstić information content (AvgIpc) is 3.08. The van der Waals surface area contributed by atoms with E-state index in [0.29, 0.717) is 17.9 Å². The van der Waals surface area contributed by atoms with Crippen molar-refractivity contribution >= 4 is 23.0 Å². The Labute approximate surface area is 135 Å². The van der Waals surface area contributed by atoms with Crippen molar-refractivity contribution in [3.8, 4) is 0 Å². The van der Waals surface area contributed by atoms with Gasteiger partial charge in [-0.1, -0.05) is 19.3 Å². The second kappa shape index (κ2) is 6.50. The maximum absolute atomic E-state index is 12.2. The first-order valence-electron chi connectivity index (χ1n) is 8.08. The zero-order valence-corrected chi connectivity index (χ0v) is 13.8. The molecule has 0 radical (unpaired) electrons. The number of thiophene rings is 1. The summed E-state index contributed by atoms with van der Waals surface area (Å²) in [6.07, 6.45) is 7.33. The van der Waals surface area contributed by atoms with E-state index in [0.717, 1.165) is 24.8 Å². The molecular weight excluding hydrogens is 298 g/mol. The Balaban J connectivity index is 1.50. The Morgan fingerprint density at radius 1 is 1.36 bits per heavy atom. The molecule has 5 heteroatoms. The van der Waals surface area contributed by atoms with E-state index in [4.69, 9.17) is 4.74 Å². The molecule has 1 spiro atoms. The standard InChI is InChI=1S/C17H23NO3S/c1-12(19)15-7-13(11-22-15)8-16(20)18-14-9-17(21-10-14)5-3-2-4-6-17/h7,11,14H,2-6,8-10H2,1H3,(H,18,20)/t14-/m1/s1. The molecule has 2 aliphatic rings. The fourth-order valence-corrected chi connectivity index (χ4v) is 4.41. The largest absolute Gasteiger partial charge is 0.373 e. The van der Waals surface area contributed by atoms with E-state index in [1.165, 1.54) is 30.6 Å². The van der Waals surface area contributed by atoms with Crippen molar-refractivity contribution in [2.24, 2.45) is 0 Å². The van der Waals surface area contributed by atoms with E-state index in [1.807, 2.05) is 11.4 Å². The fraction of sp³-hybridized carbons (Fsp3) is 0.647. The summed E-state index contributed by atoms with van der Waals surface area (Å²) in [7, 11) is 0. The quantitative estimate of drug-likeness (QED) is 0.867. The van der Waals surface area contributed by atoms with Crippen LogP contribution in [0.2, 0.25) is 0 Å². The summed E-state index contributed by atoms with van der Waals surface area (Å²) in [4.78, 5) is 24.2. The minimum Gasteiger partial charge on any atom is -0.373 e. The third-order valence-corrected chi connectivity index (χ3v) is 5.78. The van der Waals surface area contributed by atoms with E-state index < -0.39 is 0 Å². The number of carbonyl (C=O) groups is 2. The summed E-state index contributed by atoms with van der Waals surface area (Å²) >= 11 is 1.41. The number of ether oxygens (including phenoxy) is 1. The first-order valence-corrected chi connectivity index (χ1v) is 8.96. The molecule has 1 N–H and O–H groups in total. The van der Waals surface area contributed by atoms with Gasteiger partial charge < -0.3 is 10.1 Å². The first kappa shape index (κ1) is 15.7. The number of carbonyl (C=O) groups excluding carboxylic acids is 2. The highest BCUT2D eigenvalue weighted by atomic mass is 32.1. The van der Waals surface area contributed by atoms with Crippen LogP contribution in [-0.2, 0) is 16.0 Å². The lowest BCUT2D eigenvalue weighted by Gasteiger charge is -2.32. The summed E-state index contributed by atoms with van der Waals surface area (Å²) in [5, 5.41) is 4.99. The highest BCUT2D eigenvalue weighted by Crippen LogP contribution is 2.39. The van der Waals surface area contributed by atoms with E-state index in [-0.39, 0.29) is 23.3 Å². The fourth-order valence-electron chi connectivity index (χ4n) is 3.60. The zero-order valence-electron chi connectivity index (χ0n) is 13.0. The molecule has 22 heavy (non-hydrogen) atoms. The van der Waals surface area contributed by atoms with Crippen molar-refractivity contribution in [1.82, 2.24) is 5.32 Å². The molecule has 1 aromatic heterocycles. The number of rotatable bonds is 4. The van der Waals surface area contributed by atoms with Crippen molar-refractivity contribution in [2.75, 3.05) is 6.61 Å². The van der Waals surface area contributed by atoms with Gasteiger partial charge >= 0.3 is 0 Å². The van der Waals surface area contributed by atoms with Crippen LogP contribution < -0.4 is 5.32 Å². The van der Waals surface area contributed by atoms with Gasteiger partial charge in [-0.05, 0) is 43.2 Å². The second-order valence-electron chi connectivity index (χ2n) is 6.58. The molecule has 1 amide bonds. The summed E-state index contributed by atoms with van der Waals surface area (Å²) in [6.45, 7) is 2.18. The van der Waals surface area contributed by atoms with Crippen LogP contribution >= 0.6 is 11.3 Å². The molecule has 2 fully saturated rings. The predicted molar refractivity (Wildman–Crippen MR) is 86.3 cm³/mol. The normalized spacial score (nSPS) is 23.6. The minimum atomic E-state index is 0.0226. The summed E-state index contributed by atoms with van der Waals surface area (Å²) in [5.41, 5.74) is 0.944. The average molecular weight is 321 g/mol. The van der Waals surface area contributed by atoms with Gasteiger partial charge in [0, 0.05) is 0 Å². The molecule has 120 valence electrons. The molecule has 1 saturated heterocycles. The Kier molecular flexibility index (Phi) is 4.64. The van der Waals surface area contributed by atoms with Gasteiger partial charge in [0.05, 0.1) is 29.5 Å². The van der Waals surface area contributed by atoms with Crippen LogP contribution in [0.4, 0.5) is 0 Å². The van der Waals surface area contributed by atoms with Crippen molar-refractivity contribution in [2.45, 2.75) is 63.5 Å². The lowest BCUT2D eigenvalue weighted by Crippen LogP contribution is -2.38. The first-order chi connectivity index (χ1) is 10.6. The minimum absolute atomic E-state index is 0.0226. The topological polar surface area (TPSA) is 55.4 Å². The maximum atomic E-state index is 12.2. The smallest absolute Gasteiger partial charge is 0.224 e. The van der Waals surface area contributed by atoms with E-state index >= 15 is 0 Å². The van der Waals surface area contributed by atoms with Crippen LogP contribution in [0.1, 0.15) is 60.7 Å². The third kappa shape index (κ3) is 3.58. The van der Waals surface area contributed by atoms with Gasteiger partial charge in [0.15, 0.2) is 5.78 Å². The molecule has 1 saturated carbocycles. The molecule has 2 heterocycles.